The van der Waals surface area contributed by atoms with Gasteiger partial charge in [0, 0.05) is 12.1 Å². The number of carbonyl (C=O) groups is 1. The lowest BCUT2D eigenvalue weighted by Gasteiger charge is -2.17. The second-order valence-electron chi connectivity index (χ2n) is 6.53. The van der Waals surface area contributed by atoms with E-state index in [0.717, 1.165) is 38.1 Å². The van der Waals surface area contributed by atoms with Crippen LogP contribution in [0.15, 0.2) is 18.2 Å². The average Bonchev–Trinajstić information content (AvgIpc) is 2.98. The molecule has 1 fully saturated rings. The van der Waals surface area contributed by atoms with Crippen molar-refractivity contribution in [2.75, 3.05) is 13.1 Å². The van der Waals surface area contributed by atoms with Crippen LogP contribution >= 0.6 is 0 Å². The minimum absolute atomic E-state index is 0.242. The molecule has 1 aromatic rings. The van der Waals surface area contributed by atoms with Crippen LogP contribution in [0.2, 0.25) is 0 Å². The molecule has 0 saturated carbocycles. The molecule has 2 rings (SSSR count). The van der Waals surface area contributed by atoms with Crippen LogP contribution in [0.3, 0.4) is 0 Å². The molecule has 0 amide bonds. The molecule has 0 radical (unpaired) electrons. The highest BCUT2D eigenvalue weighted by Crippen LogP contribution is 2.31. The highest BCUT2D eigenvalue weighted by Gasteiger charge is 2.31. The van der Waals surface area contributed by atoms with Crippen molar-refractivity contribution in [3.8, 4) is 11.8 Å². The SMILES string of the molecule is CC(C)(C#Cc1cc(C(F)(F)F)ccc1CN1CCCC1)C(=O)O. The van der Waals surface area contributed by atoms with Crippen molar-refractivity contribution in [2.24, 2.45) is 5.41 Å². The molecule has 1 aliphatic rings. The van der Waals surface area contributed by atoms with E-state index in [-0.39, 0.29) is 5.56 Å². The fraction of sp³-hybridized carbons (Fsp3) is 0.500. The summed E-state index contributed by atoms with van der Waals surface area (Å²) >= 11 is 0. The zero-order valence-electron chi connectivity index (χ0n) is 13.7. The molecular weight excluding hydrogens is 319 g/mol. The fourth-order valence-electron chi connectivity index (χ4n) is 2.47. The van der Waals surface area contributed by atoms with E-state index in [9.17, 15) is 18.0 Å². The monoisotopic (exact) mass is 339 g/mol. The van der Waals surface area contributed by atoms with Gasteiger partial charge in [-0.3, -0.25) is 9.69 Å². The molecule has 0 spiro atoms. The van der Waals surface area contributed by atoms with Gasteiger partial charge in [0.1, 0.15) is 5.41 Å². The van der Waals surface area contributed by atoms with Crippen molar-refractivity contribution in [3.63, 3.8) is 0 Å². The summed E-state index contributed by atoms with van der Waals surface area (Å²) in [5, 5.41) is 9.11. The smallest absolute Gasteiger partial charge is 0.416 e. The molecular formula is C18H20F3NO2. The third-order valence-corrected chi connectivity index (χ3v) is 4.07. The maximum atomic E-state index is 13.0. The summed E-state index contributed by atoms with van der Waals surface area (Å²) in [7, 11) is 0. The van der Waals surface area contributed by atoms with E-state index >= 15 is 0 Å². The van der Waals surface area contributed by atoms with Crippen LogP contribution in [0.25, 0.3) is 0 Å². The Hall–Kier alpha value is -2.00. The Balaban J connectivity index is 2.40. The predicted octanol–water partition coefficient (Wildman–Crippen LogP) is 3.76. The van der Waals surface area contributed by atoms with Crippen molar-refractivity contribution < 1.29 is 23.1 Å². The number of benzene rings is 1. The number of rotatable bonds is 3. The third kappa shape index (κ3) is 4.51. The Morgan fingerprint density at radius 2 is 1.88 bits per heavy atom. The molecule has 1 aliphatic heterocycles. The Kier molecular flexibility index (Phi) is 5.24. The fourth-order valence-corrected chi connectivity index (χ4v) is 2.47. The van der Waals surface area contributed by atoms with Gasteiger partial charge in [0.25, 0.3) is 0 Å². The van der Waals surface area contributed by atoms with Crippen LogP contribution in [-0.4, -0.2) is 29.1 Å². The lowest BCUT2D eigenvalue weighted by molar-refractivity contribution is -0.143. The minimum Gasteiger partial charge on any atom is -0.480 e. The van der Waals surface area contributed by atoms with E-state index in [1.165, 1.54) is 19.9 Å². The van der Waals surface area contributed by atoms with Gasteiger partial charge in [-0.1, -0.05) is 17.9 Å². The first-order valence-corrected chi connectivity index (χ1v) is 7.78. The van der Waals surface area contributed by atoms with Crippen molar-refractivity contribution in [2.45, 2.75) is 39.4 Å². The van der Waals surface area contributed by atoms with Crippen molar-refractivity contribution in [1.29, 1.82) is 0 Å². The molecule has 24 heavy (non-hydrogen) atoms. The first-order valence-electron chi connectivity index (χ1n) is 7.78. The highest BCUT2D eigenvalue weighted by atomic mass is 19.4. The molecule has 1 N–H and O–H groups in total. The standard InChI is InChI=1S/C18H20F3NO2/c1-17(2,16(23)24)8-7-13-11-15(18(19,20)21)6-5-14(13)12-22-9-3-4-10-22/h5-6,11H,3-4,9-10,12H2,1-2H3,(H,23,24). The Labute approximate surface area is 139 Å². The normalized spacial score (nSPS) is 15.9. The van der Waals surface area contributed by atoms with Crippen LogP contribution in [0.1, 0.15) is 43.4 Å². The van der Waals surface area contributed by atoms with Crippen LogP contribution in [0, 0.1) is 17.3 Å². The van der Waals surface area contributed by atoms with Gasteiger partial charge in [0.2, 0.25) is 0 Å². The zero-order chi connectivity index (χ0) is 18.0. The van der Waals surface area contributed by atoms with Crippen molar-refractivity contribution in [3.05, 3.63) is 34.9 Å². The molecule has 1 heterocycles. The van der Waals surface area contributed by atoms with Gasteiger partial charge in [0.05, 0.1) is 5.56 Å². The van der Waals surface area contributed by atoms with Gasteiger partial charge in [-0.05, 0) is 57.5 Å². The molecule has 0 unspecified atom stereocenters. The molecule has 1 aromatic carbocycles. The van der Waals surface area contributed by atoms with E-state index in [0.29, 0.717) is 12.1 Å². The first kappa shape index (κ1) is 18.3. The second-order valence-corrected chi connectivity index (χ2v) is 6.53. The molecule has 1 saturated heterocycles. The Morgan fingerprint density at radius 1 is 1.25 bits per heavy atom. The predicted molar refractivity (Wildman–Crippen MR) is 84.2 cm³/mol. The van der Waals surface area contributed by atoms with E-state index in [4.69, 9.17) is 5.11 Å². The number of alkyl halides is 3. The third-order valence-electron chi connectivity index (χ3n) is 4.07. The lowest BCUT2D eigenvalue weighted by atomic mass is 9.93. The molecule has 0 aromatic heterocycles. The summed E-state index contributed by atoms with van der Waals surface area (Å²) in [4.78, 5) is 13.3. The molecule has 130 valence electrons. The summed E-state index contributed by atoms with van der Waals surface area (Å²) in [6.07, 6.45) is -2.30. The number of aliphatic carboxylic acids is 1. The number of nitrogens with zero attached hydrogens (tertiary/aromatic N) is 1. The minimum atomic E-state index is -4.45. The van der Waals surface area contributed by atoms with Gasteiger partial charge in [0.15, 0.2) is 0 Å². The maximum Gasteiger partial charge on any atom is 0.416 e. The Bertz CT molecular complexity index is 678. The van der Waals surface area contributed by atoms with Crippen LogP contribution < -0.4 is 0 Å². The summed E-state index contributed by atoms with van der Waals surface area (Å²) in [6, 6.07) is 3.51. The Morgan fingerprint density at radius 3 is 2.42 bits per heavy atom. The van der Waals surface area contributed by atoms with E-state index in [1.54, 1.807) is 0 Å². The van der Waals surface area contributed by atoms with Gasteiger partial charge >= 0.3 is 12.1 Å². The number of halogens is 3. The quantitative estimate of drug-likeness (QED) is 0.853. The number of hydrogen-bond acceptors (Lipinski definition) is 2. The summed E-state index contributed by atoms with van der Waals surface area (Å²) in [6.45, 7) is 5.20. The van der Waals surface area contributed by atoms with Gasteiger partial charge in [-0.2, -0.15) is 13.2 Å². The zero-order valence-corrected chi connectivity index (χ0v) is 13.7. The molecule has 0 atom stereocenters. The topological polar surface area (TPSA) is 40.5 Å². The number of carboxylic acids is 1. The number of carboxylic acid groups (broad SMARTS) is 1. The molecule has 6 heteroatoms. The highest BCUT2D eigenvalue weighted by molar-refractivity contribution is 5.77. The second kappa shape index (κ2) is 6.86. The van der Waals surface area contributed by atoms with Gasteiger partial charge in [-0.15, -0.1) is 0 Å². The molecule has 3 nitrogen and oxygen atoms in total. The number of hydrogen-bond donors (Lipinski definition) is 1. The van der Waals surface area contributed by atoms with Gasteiger partial charge < -0.3 is 5.11 Å². The van der Waals surface area contributed by atoms with Gasteiger partial charge in [-0.25, -0.2) is 0 Å². The maximum absolute atomic E-state index is 13.0. The van der Waals surface area contributed by atoms with E-state index < -0.39 is 23.1 Å². The van der Waals surface area contributed by atoms with Crippen molar-refractivity contribution in [1.82, 2.24) is 4.90 Å². The molecule has 0 aliphatic carbocycles. The van der Waals surface area contributed by atoms with Crippen LogP contribution in [-0.2, 0) is 17.5 Å². The first-order chi connectivity index (χ1) is 11.1. The van der Waals surface area contributed by atoms with Crippen molar-refractivity contribution >= 4 is 5.97 Å². The van der Waals surface area contributed by atoms with Crippen LogP contribution in [0.5, 0.6) is 0 Å². The largest absolute Gasteiger partial charge is 0.480 e. The van der Waals surface area contributed by atoms with E-state index in [2.05, 4.69) is 16.7 Å². The lowest BCUT2D eigenvalue weighted by Crippen LogP contribution is -2.21. The average molecular weight is 339 g/mol. The summed E-state index contributed by atoms with van der Waals surface area (Å²) in [5.74, 6) is 4.14. The number of likely N-dealkylation sites (tertiary alicyclic amines) is 1. The van der Waals surface area contributed by atoms with E-state index in [1.807, 2.05) is 0 Å². The molecule has 0 bridgehead atoms. The summed E-state index contributed by atoms with van der Waals surface area (Å²) < 4.78 is 38.9. The van der Waals surface area contributed by atoms with Crippen LogP contribution in [0.4, 0.5) is 13.2 Å². The summed E-state index contributed by atoms with van der Waals surface area (Å²) in [5.41, 5.74) is -1.16.